The van der Waals surface area contributed by atoms with Gasteiger partial charge in [-0.25, -0.2) is 9.37 Å². The Bertz CT molecular complexity index is 1390. The summed E-state index contributed by atoms with van der Waals surface area (Å²) in [6.45, 7) is 3.75. The second-order valence-corrected chi connectivity index (χ2v) is 9.71. The molecule has 0 bridgehead atoms. The number of rotatable bonds is 7. The maximum Gasteiger partial charge on any atom is 0.298 e. The summed E-state index contributed by atoms with van der Waals surface area (Å²) < 4.78 is 48.9. The number of aromatic nitrogens is 3. The molecule has 0 spiro atoms. The molecule has 3 aromatic rings. The van der Waals surface area contributed by atoms with Crippen molar-refractivity contribution in [1.29, 1.82) is 0 Å². The minimum Gasteiger partial charge on any atom is -0.480 e. The molecule has 12 heteroatoms. The Hall–Kier alpha value is -3.67. The number of anilines is 2. The Labute approximate surface area is 217 Å². The van der Waals surface area contributed by atoms with Gasteiger partial charge in [0.1, 0.15) is 23.6 Å². The number of hydrogen-bond donors (Lipinski definition) is 2. The number of fused-ring (bicyclic) bond motifs is 2. The molecule has 202 valence electrons. The molecule has 1 aromatic carbocycles. The molecule has 2 saturated heterocycles. The highest BCUT2D eigenvalue weighted by molar-refractivity contribution is 5.94. The third-order valence-corrected chi connectivity index (χ3v) is 7.34. The number of nitrogens with one attached hydrogen (secondary N) is 1. The first kappa shape index (κ1) is 26.0. The molecule has 2 N–H and O–H groups in total. The molecule has 2 fully saturated rings. The predicted octanol–water partition coefficient (Wildman–Crippen LogP) is 3.55. The average molecular weight is 531 g/mol. The summed E-state index contributed by atoms with van der Waals surface area (Å²) in [5.74, 6) is -3.91. The van der Waals surface area contributed by atoms with E-state index < -0.39 is 30.0 Å². The van der Waals surface area contributed by atoms with Crippen LogP contribution in [0.1, 0.15) is 42.6 Å². The topological polar surface area (TPSA) is 104 Å². The lowest BCUT2D eigenvalue weighted by molar-refractivity contribution is -0.129. The highest BCUT2D eigenvalue weighted by Crippen LogP contribution is 2.38. The van der Waals surface area contributed by atoms with E-state index in [1.54, 1.807) is 13.8 Å². The van der Waals surface area contributed by atoms with Crippen LogP contribution in [0.25, 0.3) is 10.9 Å². The molecule has 0 saturated carbocycles. The predicted molar refractivity (Wildman–Crippen MR) is 135 cm³/mol. The van der Waals surface area contributed by atoms with Gasteiger partial charge in [0.15, 0.2) is 5.82 Å². The number of alkyl halides is 2. The van der Waals surface area contributed by atoms with E-state index in [1.165, 1.54) is 19.2 Å². The van der Waals surface area contributed by atoms with Crippen LogP contribution in [0.3, 0.4) is 0 Å². The number of aryl methyl sites for hydroxylation is 1. The molecule has 5 rings (SSSR count). The van der Waals surface area contributed by atoms with Gasteiger partial charge in [0, 0.05) is 43.0 Å². The fraction of sp³-hybridized carbons (Fsp3) is 0.462. The number of benzene rings is 1. The minimum atomic E-state index is -3.71. The molecule has 9 nitrogen and oxygen atoms in total. The number of piperazine rings is 1. The van der Waals surface area contributed by atoms with Crippen LogP contribution in [0.4, 0.5) is 24.7 Å². The smallest absolute Gasteiger partial charge is 0.298 e. The third-order valence-electron chi connectivity index (χ3n) is 7.34. The molecule has 2 atom stereocenters. The number of nitrogens with zero attached hydrogens (tertiary/aromatic N) is 5. The van der Waals surface area contributed by atoms with E-state index in [0.29, 0.717) is 54.3 Å². The van der Waals surface area contributed by atoms with Crippen LogP contribution in [0, 0.1) is 12.7 Å². The lowest BCUT2D eigenvalue weighted by Crippen LogP contribution is -2.51. The first-order valence-electron chi connectivity index (χ1n) is 12.4. The molecule has 38 heavy (non-hydrogen) atoms. The zero-order valence-electron chi connectivity index (χ0n) is 21.3. The van der Waals surface area contributed by atoms with Crippen molar-refractivity contribution < 1.29 is 27.8 Å². The van der Waals surface area contributed by atoms with Crippen LogP contribution >= 0.6 is 0 Å². The molecule has 1 amide bonds. The number of aliphatic hydroxyl groups excluding tert-OH is 1. The van der Waals surface area contributed by atoms with E-state index in [1.807, 2.05) is 11.0 Å². The maximum absolute atomic E-state index is 15.1. The van der Waals surface area contributed by atoms with E-state index in [0.717, 1.165) is 18.2 Å². The SMILES string of the molecule is COc1nc2c(C)nnc(N[C@H](C)c3cccc(C(F)(F)CO)c3F)c2cc1N1CCN2C(=O)CC[C@@H]2C1. The quantitative estimate of drug-likeness (QED) is 0.478. The Kier molecular flexibility index (Phi) is 6.76. The summed E-state index contributed by atoms with van der Waals surface area (Å²) in [7, 11) is 1.54. The van der Waals surface area contributed by atoms with Crippen molar-refractivity contribution in [3.8, 4) is 5.88 Å². The second kappa shape index (κ2) is 9.90. The lowest BCUT2D eigenvalue weighted by atomic mass is 10.00. The second-order valence-electron chi connectivity index (χ2n) is 9.71. The summed E-state index contributed by atoms with van der Waals surface area (Å²) in [5, 5.41) is 21.2. The van der Waals surface area contributed by atoms with Gasteiger partial charge < -0.3 is 25.0 Å². The number of pyridine rings is 1. The first-order valence-corrected chi connectivity index (χ1v) is 12.4. The Morgan fingerprint density at radius 1 is 1.29 bits per heavy atom. The molecule has 4 heterocycles. The Morgan fingerprint density at radius 2 is 2.08 bits per heavy atom. The van der Waals surface area contributed by atoms with Crippen LogP contribution in [0.2, 0.25) is 0 Å². The van der Waals surface area contributed by atoms with Crippen LogP contribution in [0.5, 0.6) is 5.88 Å². The van der Waals surface area contributed by atoms with Gasteiger partial charge in [-0.15, -0.1) is 5.10 Å². The monoisotopic (exact) mass is 530 g/mol. The van der Waals surface area contributed by atoms with Gasteiger partial charge >= 0.3 is 0 Å². The third kappa shape index (κ3) is 4.46. The summed E-state index contributed by atoms with van der Waals surface area (Å²) in [4.78, 5) is 20.9. The number of carbonyl (C=O) groups is 1. The number of aliphatic hydroxyl groups is 1. The molecule has 2 aromatic heterocycles. The number of ether oxygens (including phenoxy) is 1. The molecule has 0 unspecified atom stereocenters. The molecule has 0 radical (unpaired) electrons. The summed E-state index contributed by atoms with van der Waals surface area (Å²) >= 11 is 0. The zero-order chi connectivity index (χ0) is 27.2. The van der Waals surface area contributed by atoms with Gasteiger partial charge in [-0.1, -0.05) is 12.1 Å². The highest BCUT2D eigenvalue weighted by atomic mass is 19.3. The van der Waals surface area contributed by atoms with Crippen LogP contribution in [0.15, 0.2) is 24.3 Å². The average Bonchev–Trinajstić information content (AvgIpc) is 3.29. The van der Waals surface area contributed by atoms with Crippen LogP contribution in [-0.2, 0) is 10.7 Å². The lowest BCUT2D eigenvalue weighted by Gasteiger charge is -2.39. The Balaban J connectivity index is 1.51. The summed E-state index contributed by atoms with van der Waals surface area (Å²) in [6, 6.07) is 4.94. The van der Waals surface area contributed by atoms with Gasteiger partial charge in [-0.2, -0.15) is 13.9 Å². The van der Waals surface area contributed by atoms with E-state index in [4.69, 9.17) is 14.8 Å². The van der Waals surface area contributed by atoms with E-state index in [-0.39, 0.29) is 17.5 Å². The van der Waals surface area contributed by atoms with Crippen molar-refractivity contribution in [2.24, 2.45) is 0 Å². The van der Waals surface area contributed by atoms with Crippen molar-refractivity contribution >= 4 is 28.3 Å². The van der Waals surface area contributed by atoms with Crippen molar-refractivity contribution in [2.45, 2.75) is 44.7 Å². The fourth-order valence-electron chi connectivity index (χ4n) is 5.27. The van der Waals surface area contributed by atoms with Gasteiger partial charge in [-0.3, -0.25) is 4.79 Å². The summed E-state index contributed by atoms with van der Waals surface area (Å²) in [5.41, 5.74) is 0.952. The van der Waals surface area contributed by atoms with Gasteiger partial charge in [0.05, 0.1) is 24.4 Å². The number of carbonyl (C=O) groups excluding carboxylic acids is 1. The van der Waals surface area contributed by atoms with E-state index in [2.05, 4.69) is 20.4 Å². The van der Waals surface area contributed by atoms with Crippen molar-refractivity contribution in [1.82, 2.24) is 20.1 Å². The minimum absolute atomic E-state index is 0.00475. The van der Waals surface area contributed by atoms with E-state index >= 15 is 4.39 Å². The maximum atomic E-state index is 15.1. The van der Waals surface area contributed by atoms with Crippen LogP contribution < -0.4 is 15.0 Å². The number of hydrogen-bond acceptors (Lipinski definition) is 8. The van der Waals surface area contributed by atoms with Gasteiger partial charge in [0.25, 0.3) is 5.92 Å². The molecular weight excluding hydrogens is 501 g/mol. The fourth-order valence-corrected chi connectivity index (χ4v) is 5.27. The normalized spacial score (nSPS) is 18.6. The Morgan fingerprint density at radius 3 is 2.82 bits per heavy atom. The molecule has 0 aliphatic carbocycles. The van der Waals surface area contributed by atoms with Gasteiger partial charge in [-0.05, 0) is 32.4 Å². The molecule has 2 aliphatic rings. The molecular formula is C26H29F3N6O3. The molecule has 2 aliphatic heterocycles. The van der Waals surface area contributed by atoms with Crippen molar-refractivity contribution in [3.63, 3.8) is 0 Å². The number of methoxy groups -OCH3 is 1. The number of amides is 1. The van der Waals surface area contributed by atoms with Crippen molar-refractivity contribution in [2.75, 3.05) is 43.6 Å². The standard InChI is InChI=1S/C26H29F3N6O3/c1-14(17-5-4-6-19(22(17)27)26(28,29)13-36)30-24-18-11-20(25(38-3)31-23(18)15(2)32-33-24)34-9-10-35-16(12-34)7-8-21(35)37/h4-6,11,14,16,36H,7-10,12-13H2,1-3H3,(H,30,33)/t14-,16-/m1/s1. The zero-order valence-corrected chi connectivity index (χ0v) is 21.3. The van der Waals surface area contributed by atoms with Crippen LogP contribution in [-0.4, -0.2) is 70.5 Å². The highest BCUT2D eigenvalue weighted by Gasteiger charge is 2.37. The van der Waals surface area contributed by atoms with Crippen molar-refractivity contribution in [3.05, 3.63) is 46.9 Å². The number of halogens is 3. The van der Waals surface area contributed by atoms with Gasteiger partial charge in [0.2, 0.25) is 11.8 Å². The largest absolute Gasteiger partial charge is 0.480 e. The first-order chi connectivity index (χ1) is 18.1. The van der Waals surface area contributed by atoms with E-state index in [9.17, 15) is 13.6 Å². The summed E-state index contributed by atoms with van der Waals surface area (Å²) in [6.07, 6.45) is 1.35.